The van der Waals surface area contributed by atoms with Crippen LogP contribution in [0.5, 0.6) is 0 Å². The molecule has 0 bridgehead atoms. The van der Waals surface area contributed by atoms with Crippen LogP contribution in [-0.4, -0.2) is 23.5 Å². The van der Waals surface area contributed by atoms with Crippen LogP contribution in [0.15, 0.2) is 0 Å². The highest BCUT2D eigenvalue weighted by Gasteiger charge is 1.87. The third-order valence-electron chi connectivity index (χ3n) is 0.569. The van der Waals surface area contributed by atoms with Crippen LogP contribution in [-0.2, 0) is 17.3 Å². The Kier molecular flexibility index (Phi) is 14.1. The molecule has 0 aromatic rings. The summed E-state index contributed by atoms with van der Waals surface area (Å²) in [5.41, 5.74) is 5.15. The van der Waals surface area contributed by atoms with E-state index in [-0.39, 0.29) is 0 Å². The fourth-order valence-corrected chi connectivity index (χ4v) is 0.304. The fourth-order valence-electron chi connectivity index (χ4n) is 0.304. The highest BCUT2D eigenvalue weighted by molar-refractivity contribution is 7.44. The molecule has 4 heteroatoms. The Bertz CT molecular complexity index is 52.2. The molecule has 0 amide bonds. The van der Waals surface area contributed by atoms with Crippen molar-refractivity contribution in [2.75, 3.05) is 13.2 Å². The van der Waals surface area contributed by atoms with Crippen molar-refractivity contribution in [2.24, 2.45) is 5.73 Å². The summed E-state index contributed by atoms with van der Waals surface area (Å²) in [5.74, 6) is 0. The quantitative estimate of drug-likeness (QED) is 0.618. The van der Waals surface area contributed by atoms with Gasteiger partial charge in [-0.1, -0.05) is 0 Å². The fraction of sp³-hybridized carbons (Fsp3) is 1.00. The van der Waals surface area contributed by atoms with Gasteiger partial charge in [-0.05, 0) is 13.8 Å². The van der Waals surface area contributed by atoms with Gasteiger partial charge in [-0.2, -0.15) is 4.21 Å². The van der Waals surface area contributed by atoms with Crippen LogP contribution >= 0.6 is 0 Å². The molecule has 0 aromatic heterocycles. The van der Waals surface area contributed by atoms with E-state index in [1.165, 1.54) is 0 Å². The van der Waals surface area contributed by atoms with Crippen LogP contribution in [0, 0.1) is 0 Å². The molecule has 9 heavy (non-hydrogen) atoms. The minimum Gasteiger partial charge on any atom is -0.377 e. The molecule has 0 fully saturated rings. The number of hydrogen-bond donors (Lipinski definition) is 1. The molecular formula is C5H13NO2S. The minimum atomic E-state index is 0.323. The first kappa shape index (κ1) is 11.7. The van der Waals surface area contributed by atoms with Gasteiger partial charge in [0.1, 0.15) is 0 Å². The second-order valence-corrected chi connectivity index (χ2v) is 1.71. The van der Waals surface area contributed by atoms with Crippen molar-refractivity contribution < 1.29 is 8.95 Å². The van der Waals surface area contributed by atoms with Crippen molar-refractivity contribution in [3.05, 3.63) is 0 Å². The third kappa shape index (κ3) is 18.0. The SMILES string of the molecule is CC(C)OCCN.O=S. The van der Waals surface area contributed by atoms with Crippen LogP contribution < -0.4 is 5.73 Å². The van der Waals surface area contributed by atoms with E-state index in [4.69, 9.17) is 14.7 Å². The van der Waals surface area contributed by atoms with E-state index < -0.39 is 0 Å². The van der Waals surface area contributed by atoms with Gasteiger partial charge in [0.05, 0.1) is 12.7 Å². The Hall–Kier alpha value is -0.0600. The van der Waals surface area contributed by atoms with E-state index in [1.807, 2.05) is 13.8 Å². The lowest BCUT2D eigenvalue weighted by Crippen LogP contribution is -2.12. The number of hydrogen-bond acceptors (Lipinski definition) is 4. The molecule has 0 unspecified atom stereocenters. The monoisotopic (exact) mass is 151 g/mol. The van der Waals surface area contributed by atoms with Gasteiger partial charge in [0.25, 0.3) is 0 Å². The lowest BCUT2D eigenvalue weighted by Gasteiger charge is -2.03. The summed E-state index contributed by atoms with van der Waals surface area (Å²) >= 11 is 2.83. The summed E-state index contributed by atoms with van der Waals surface area (Å²) in [5, 5.41) is 0. The summed E-state index contributed by atoms with van der Waals surface area (Å²) in [7, 11) is 0. The van der Waals surface area contributed by atoms with Crippen LogP contribution in [0.2, 0.25) is 0 Å². The number of ether oxygens (including phenoxy) is 1. The third-order valence-corrected chi connectivity index (χ3v) is 0.569. The molecular weight excluding hydrogens is 138 g/mol. The van der Waals surface area contributed by atoms with E-state index in [1.54, 1.807) is 0 Å². The molecule has 3 nitrogen and oxygen atoms in total. The van der Waals surface area contributed by atoms with E-state index >= 15 is 0 Å². The summed E-state index contributed by atoms with van der Waals surface area (Å²) in [4.78, 5) is 0. The zero-order valence-corrected chi connectivity index (χ0v) is 6.61. The molecule has 0 aliphatic rings. The first-order valence-corrected chi connectivity index (χ1v) is 3.09. The predicted octanol–water partition coefficient (Wildman–Crippen LogP) is 0.0338. The van der Waals surface area contributed by atoms with E-state index in [9.17, 15) is 0 Å². The van der Waals surface area contributed by atoms with Crippen molar-refractivity contribution in [1.82, 2.24) is 0 Å². The van der Waals surface area contributed by atoms with Gasteiger partial charge in [0.2, 0.25) is 0 Å². The highest BCUT2D eigenvalue weighted by Crippen LogP contribution is 1.83. The second kappa shape index (κ2) is 10.8. The van der Waals surface area contributed by atoms with Crippen molar-refractivity contribution >= 4 is 12.5 Å². The number of nitrogens with two attached hydrogens (primary N) is 1. The molecule has 0 aromatic carbocycles. The van der Waals surface area contributed by atoms with Crippen LogP contribution in [0.1, 0.15) is 13.8 Å². The highest BCUT2D eigenvalue weighted by atomic mass is 32.1. The van der Waals surface area contributed by atoms with Crippen LogP contribution in [0.4, 0.5) is 0 Å². The summed E-state index contributed by atoms with van der Waals surface area (Å²) < 4.78 is 12.9. The first-order valence-electron chi connectivity index (χ1n) is 2.75. The zero-order valence-electron chi connectivity index (χ0n) is 5.79. The molecule has 0 rings (SSSR count). The first-order chi connectivity index (χ1) is 4.27. The standard InChI is InChI=1S/C5H13NO.OS/c1-5(2)7-4-3-6;1-2/h5H,3-4,6H2,1-2H3;. The van der Waals surface area contributed by atoms with E-state index in [2.05, 4.69) is 12.5 Å². The second-order valence-electron chi connectivity index (χ2n) is 1.71. The van der Waals surface area contributed by atoms with Gasteiger partial charge >= 0.3 is 0 Å². The summed E-state index contributed by atoms with van der Waals surface area (Å²) in [6.45, 7) is 5.29. The Labute approximate surface area is 61.1 Å². The van der Waals surface area contributed by atoms with Gasteiger partial charge in [-0.3, -0.25) is 0 Å². The van der Waals surface area contributed by atoms with Gasteiger partial charge in [0.15, 0.2) is 12.5 Å². The van der Waals surface area contributed by atoms with Crippen molar-refractivity contribution in [3.8, 4) is 0 Å². The van der Waals surface area contributed by atoms with Gasteiger partial charge < -0.3 is 10.5 Å². The van der Waals surface area contributed by atoms with E-state index in [0.717, 1.165) is 0 Å². The topological polar surface area (TPSA) is 52.3 Å². The van der Waals surface area contributed by atoms with Gasteiger partial charge in [-0.25, -0.2) is 0 Å². The summed E-state index contributed by atoms with van der Waals surface area (Å²) in [6, 6.07) is 0. The largest absolute Gasteiger partial charge is 0.377 e. The number of rotatable bonds is 3. The van der Waals surface area contributed by atoms with Crippen molar-refractivity contribution in [3.63, 3.8) is 0 Å². The lowest BCUT2D eigenvalue weighted by molar-refractivity contribution is 0.0851. The average Bonchev–Trinajstić information content (AvgIpc) is 1.88. The average molecular weight is 151 g/mol. The summed E-state index contributed by atoms with van der Waals surface area (Å²) in [6.07, 6.45) is 0.323. The molecule has 0 saturated carbocycles. The minimum absolute atomic E-state index is 0.323. The van der Waals surface area contributed by atoms with Crippen molar-refractivity contribution in [1.29, 1.82) is 0 Å². The maximum Gasteiger partial charge on any atom is 0.197 e. The molecule has 2 N–H and O–H groups in total. The molecule has 56 valence electrons. The van der Waals surface area contributed by atoms with Gasteiger partial charge in [-0.15, -0.1) is 0 Å². The lowest BCUT2D eigenvalue weighted by atomic mass is 10.5. The molecule has 0 aliphatic heterocycles. The van der Waals surface area contributed by atoms with Crippen LogP contribution in [0.25, 0.3) is 0 Å². The molecule has 0 aliphatic carbocycles. The Morgan fingerprint density at radius 1 is 1.56 bits per heavy atom. The Morgan fingerprint density at radius 3 is 2.11 bits per heavy atom. The molecule has 0 saturated heterocycles. The molecule has 0 atom stereocenters. The zero-order chi connectivity index (χ0) is 7.70. The smallest absolute Gasteiger partial charge is 0.197 e. The molecule has 0 radical (unpaired) electrons. The Balaban J connectivity index is 0. The van der Waals surface area contributed by atoms with Gasteiger partial charge in [0, 0.05) is 6.54 Å². The maximum absolute atomic E-state index is 7.83. The molecule has 0 heterocycles. The van der Waals surface area contributed by atoms with Crippen LogP contribution in [0.3, 0.4) is 0 Å². The molecule has 0 spiro atoms. The normalized spacial score (nSPS) is 8.44. The Morgan fingerprint density at radius 2 is 2.00 bits per heavy atom. The maximum atomic E-state index is 7.83. The predicted molar refractivity (Wildman–Crippen MR) is 38.3 cm³/mol. The van der Waals surface area contributed by atoms with Crippen molar-refractivity contribution in [2.45, 2.75) is 20.0 Å². The van der Waals surface area contributed by atoms with E-state index in [0.29, 0.717) is 19.3 Å².